The predicted octanol–water partition coefficient (Wildman–Crippen LogP) is 2.13. The molecule has 1 rings (SSSR count). The molecule has 1 N–H and O–H groups in total. The van der Waals surface area contributed by atoms with E-state index >= 15 is 0 Å². The largest absolute Gasteiger partial charge is 0.319 e. The van der Waals surface area contributed by atoms with Crippen LogP contribution in [0.5, 0.6) is 0 Å². The lowest BCUT2D eigenvalue weighted by atomic mass is 10.0. The highest BCUT2D eigenvalue weighted by molar-refractivity contribution is 7.09. The van der Waals surface area contributed by atoms with Crippen molar-refractivity contribution in [2.75, 3.05) is 20.6 Å². The van der Waals surface area contributed by atoms with Gasteiger partial charge in [-0.2, -0.15) is 0 Å². The summed E-state index contributed by atoms with van der Waals surface area (Å²) >= 11 is 1.73. The number of hydrogen-bond donors (Lipinski definition) is 1. The summed E-state index contributed by atoms with van der Waals surface area (Å²) in [6.07, 6.45) is 0. The minimum absolute atomic E-state index is 0.564. The summed E-state index contributed by atoms with van der Waals surface area (Å²) in [6, 6.07) is 0.564. The van der Waals surface area contributed by atoms with Crippen molar-refractivity contribution >= 4 is 11.3 Å². The third kappa shape index (κ3) is 3.85. The Morgan fingerprint density at radius 1 is 1.50 bits per heavy atom. The first-order chi connectivity index (χ1) is 7.54. The van der Waals surface area contributed by atoms with Crippen LogP contribution in [0, 0.1) is 12.8 Å². The first kappa shape index (κ1) is 13.6. The normalized spacial score (nSPS) is 15.4. The van der Waals surface area contributed by atoms with Crippen LogP contribution in [0.1, 0.15) is 24.5 Å². The van der Waals surface area contributed by atoms with Gasteiger partial charge in [0.2, 0.25) is 0 Å². The molecule has 2 atom stereocenters. The summed E-state index contributed by atoms with van der Waals surface area (Å²) in [5.41, 5.74) is 1.19. The number of hydrogen-bond acceptors (Lipinski definition) is 4. The average molecular weight is 241 g/mol. The Labute approximate surface area is 103 Å². The Morgan fingerprint density at radius 3 is 2.69 bits per heavy atom. The average Bonchev–Trinajstić information content (AvgIpc) is 2.63. The molecule has 0 aliphatic heterocycles. The Balaban J connectivity index is 2.48. The summed E-state index contributed by atoms with van der Waals surface area (Å²) in [6.45, 7) is 8.62. The SMILES string of the molecule is CNCC(C)C(C)N(C)Cc1csc(C)n1. The fraction of sp³-hybridized carbons (Fsp3) is 0.750. The second kappa shape index (κ2) is 6.33. The molecule has 92 valence electrons. The Bertz CT molecular complexity index is 311. The van der Waals surface area contributed by atoms with Gasteiger partial charge in [-0.1, -0.05) is 6.92 Å². The molecule has 2 unspecified atom stereocenters. The molecule has 0 saturated carbocycles. The van der Waals surface area contributed by atoms with E-state index in [4.69, 9.17) is 0 Å². The van der Waals surface area contributed by atoms with Gasteiger partial charge in [-0.15, -0.1) is 11.3 Å². The van der Waals surface area contributed by atoms with Crippen LogP contribution in [0.2, 0.25) is 0 Å². The topological polar surface area (TPSA) is 28.2 Å². The molecule has 4 heteroatoms. The van der Waals surface area contributed by atoms with Crippen LogP contribution in [-0.2, 0) is 6.54 Å². The maximum Gasteiger partial charge on any atom is 0.0897 e. The van der Waals surface area contributed by atoms with Crippen molar-refractivity contribution < 1.29 is 0 Å². The van der Waals surface area contributed by atoms with Crippen molar-refractivity contribution in [1.29, 1.82) is 0 Å². The first-order valence-corrected chi connectivity index (χ1v) is 6.68. The van der Waals surface area contributed by atoms with Crippen LogP contribution in [-0.4, -0.2) is 36.6 Å². The fourth-order valence-electron chi connectivity index (χ4n) is 1.81. The van der Waals surface area contributed by atoms with Gasteiger partial charge in [0, 0.05) is 18.0 Å². The molecule has 16 heavy (non-hydrogen) atoms. The molecule has 0 aliphatic rings. The lowest BCUT2D eigenvalue weighted by Gasteiger charge is -2.29. The number of nitrogens with one attached hydrogen (secondary N) is 1. The Hall–Kier alpha value is -0.450. The quantitative estimate of drug-likeness (QED) is 0.827. The molecule has 0 bridgehead atoms. The maximum absolute atomic E-state index is 4.50. The minimum atomic E-state index is 0.564. The molecule has 1 aromatic heterocycles. The molecule has 1 heterocycles. The summed E-state index contributed by atoms with van der Waals surface area (Å²) in [4.78, 5) is 6.87. The first-order valence-electron chi connectivity index (χ1n) is 5.80. The van der Waals surface area contributed by atoms with Crippen molar-refractivity contribution in [3.63, 3.8) is 0 Å². The predicted molar refractivity (Wildman–Crippen MR) is 70.9 cm³/mol. The van der Waals surface area contributed by atoms with E-state index in [1.807, 2.05) is 7.05 Å². The van der Waals surface area contributed by atoms with Gasteiger partial charge in [-0.25, -0.2) is 4.98 Å². The second-order valence-electron chi connectivity index (χ2n) is 4.55. The minimum Gasteiger partial charge on any atom is -0.319 e. The van der Waals surface area contributed by atoms with Crippen molar-refractivity contribution in [2.24, 2.45) is 5.92 Å². The van der Waals surface area contributed by atoms with E-state index in [0.717, 1.165) is 18.1 Å². The van der Waals surface area contributed by atoms with E-state index in [0.29, 0.717) is 12.0 Å². The van der Waals surface area contributed by atoms with E-state index in [-0.39, 0.29) is 0 Å². The zero-order chi connectivity index (χ0) is 12.1. The van der Waals surface area contributed by atoms with Gasteiger partial charge >= 0.3 is 0 Å². The number of aromatic nitrogens is 1. The number of thiazole rings is 1. The van der Waals surface area contributed by atoms with Crippen molar-refractivity contribution in [1.82, 2.24) is 15.2 Å². The van der Waals surface area contributed by atoms with Crippen LogP contribution >= 0.6 is 11.3 Å². The summed E-state index contributed by atoms with van der Waals surface area (Å²) in [5.74, 6) is 0.648. The van der Waals surface area contributed by atoms with Crippen LogP contribution in [0.4, 0.5) is 0 Å². The van der Waals surface area contributed by atoms with Gasteiger partial charge in [-0.05, 0) is 40.4 Å². The molecular formula is C12H23N3S. The molecule has 0 aliphatic carbocycles. The monoisotopic (exact) mass is 241 g/mol. The van der Waals surface area contributed by atoms with Gasteiger partial charge in [0.25, 0.3) is 0 Å². The van der Waals surface area contributed by atoms with Crippen LogP contribution < -0.4 is 5.32 Å². The highest BCUT2D eigenvalue weighted by Gasteiger charge is 2.17. The van der Waals surface area contributed by atoms with Gasteiger partial charge < -0.3 is 5.32 Å². The van der Waals surface area contributed by atoms with Gasteiger partial charge in [0.1, 0.15) is 0 Å². The highest BCUT2D eigenvalue weighted by atomic mass is 32.1. The van der Waals surface area contributed by atoms with Gasteiger partial charge in [0.05, 0.1) is 10.7 Å². The Kier molecular flexibility index (Phi) is 5.38. The molecule has 0 saturated heterocycles. The molecule has 0 amide bonds. The zero-order valence-corrected chi connectivity index (χ0v) is 11.8. The van der Waals surface area contributed by atoms with Crippen molar-refractivity contribution in [2.45, 2.75) is 33.4 Å². The molecule has 0 spiro atoms. The molecule has 0 radical (unpaired) electrons. The van der Waals surface area contributed by atoms with E-state index in [9.17, 15) is 0 Å². The second-order valence-corrected chi connectivity index (χ2v) is 5.61. The van der Waals surface area contributed by atoms with Crippen molar-refractivity contribution in [3.8, 4) is 0 Å². The van der Waals surface area contributed by atoms with E-state index in [2.05, 4.69) is 48.4 Å². The molecule has 3 nitrogen and oxygen atoms in total. The number of nitrogens with zero attached hydrogens (tertiary/aromatic N) is 2. The van der Waals surface area contributed by atoms with Crippen molar-refractivity contribution in [3.05, 3.63) is 16.1 Å². The maximum atomic E-state index is 4.50. The number of aryl methyl sites for hydroxylation is 1. The lowest BCUT2D eigenvalue weighted by Crippen LogP contribution is -2.37. The van der Waals surface area contributed by atoms with E-state index in [1.54, 1.807) is 11.3 Å². The smallest absolute Gasteiger partial charge is 0.0897 e. The zero-order valence-electron chi connectivity index (χ0n) is 10.9. The lowest BCUT2D eigenvalue weighted by molar-refractivity contribution is 0.188. The third-order valence-corrected chi connectivity index (χ3v) is 3.95. The summed E-state index contributed by atoms with van der Waals surface area (Å²) in [5, 5.41) is 6.54. The van der Waals surface area contributed by atoms with E-state index < -0.39 is 0 Å². The Morgan fingerprint density at radius 2 is 2.19 bits per heavy atom. The molecule has 1 aromatic rings. The van der Waals surface area contributed by atoms with Gasteiger partial charge in [0.15, 0.2) is 0 Å². The van der Waals surface area contributed by atoms with Crippen LogP contribution in [0.15, 0.2) is 5.38 Å². The standard InChI is InChI=1S/C12H23N3S/c1-9(6-13-4)10(2)15(5)7-12-8-16-11(3)14-12/h8-10,13H,6-7H2,1-5H3. The fourth-order valence-corrected chi connectivity index (χ4v) is 2.41. The molecule has 0 fully saturated rings. The van der Waals surface area contributed by atoms with E-state index in [1.165, 1.54) is 5.69 Å². The molecule has 0 aromatic carbocycles. The molecular weight excluding hydrogens is 218 g/mol. The highest BCUT2D eigenvalue weighted by Crippen LogP contribution is 2.14. The van der Waals surface area contributed by atoms with Gasteiger partial charge in [-0.3, -0.25) is 4.90 Å². The third-order valence-electron chi connectivity index (χ3n) is 3.12. The van der Waals surface area contributed by atoms with Crippen LogP contribution in [0.3, 0.4) is 0 Å². The number of rotatable bonds is 6. The van der Waals surface area contributed by atoms with Crippen LogP contribution in [0.25, 0.3) is 0 Å². The summed E-state index contributed by atoms with van der Waals surface area (Å²) < 4.78 is 0. The summed E-state index contributed by atoms with van der Waals surface area (Å²) in [7, 11) is 4.18.